The fourth-order valence-corrected chi connectivity index (χ4v) is 10.6. The van der Waals surface area contributed by atoms with Crippen LogP contribution in [0.3, 0.4) is 0 Å². The molecule has 1 saturated carbocycles. The molecule has 10 nitrogen and oxygen atoms in total. The van der Waals surface area contributed by atoms with E-state index < -0.39 is 16.1 Å². The minimum absolute atomic E-state index is 0.00966. The monoisotopic (exact) mass is 581 g/mol. The molecular formula is C29H51N5O5S. The number of rotatable bonds is 5. The first-order chi connectivity index (χ1) is 19.1. The van der Waals surface area contributed by atoms with Crippen LogP contribution in [0.2, 0.25) is 0 Å². The lowest BCUT2D eigenvalue weighted by Gasteiger charge is -2.43. The molecule has 0 spiro atoms. The summed E-state index contributed by atoms with van der Waals surface area (Å²) in [6.45, 7) is 10.6. The Kier molecular flexibility index (Phi) is 9.34. The number of likely N-dealkylation sites (tertiary alicyclic amines) is 1. The number of alkyl carbamates (subject to hydrolysis) is 1. The van der Waals surface area contributed by atoms with Gasteiger partial charge in [-0.1, -0.05) is 13.8 Å². The number of nitrogens with zero attached hydrogens (tertiary/aromatic N) is 3. The summed E-state index contributed by atoms with van der Waals surface area (Å²) >= 11 is 0. The van der Waals surface area contributed by atoms with Crippen molar-refractivity contribution >= 4 is 22.0 Å². The minimum Gasteiger partial charge on any atom is -0.453 e. The maximum atomic E-state index is 13.8. The normalized spacial score (nSPS) is 38.5. The molecule has 0 aromatic heterocycles. The molecule has 0 bridgehead atoms. The maximum Gasteiger partial charge on any atom is 0.407 e. The molecule has 11 heteroatoms. The summed E-state index contributed by atoms with van der Waals surface area (Å²) in [7, 11) is -1.99. The van der Waals surface area contributed by atoms with Crippen molar-refractivity contribution < 1.29 is 22.7 Å². The van der Waals surface area contributed by atoms with Crippen molar-refractivity contribution in [1.29, 1.82) is 0 Å². The lowest BCUT2D eigenvalue weighted by molar-refractivity contribution is -0.140. The highest BCUT2D eigenvalue weighted by Gasteiger charge is 2.49. The topological polar surface area (TPSA) is 111 Å². The highest BCUT2D eigenvalue weighted by atomic mass is 32.2. The van der Waals surface area contributed by atoms with Gasteiger partial charge in [0, 0.05) is 50.8 Å². The first-order valence-corrected chi connectivity index (χ1v) is 17.2. The van der Waals surface area contributed by atoms with Crippen LogP contribution in [-0.4, -0.2) is 97.8 Å². The second-order valence-electron chi connectivity index (χ2n) is 13.6. The number of sulfonamides is 1. The predicted octanol–water partition coefficient (Wildman–Crippen LogP) is 2.80. The van der Waals surface area contributed by atoms with Gasteiger partial charge in [0.15, 0.2) is 0 Å². The van der Waals surface area contributed by atoms with Crippen LogP contribution in [0, 0.1) is 29.6 Å². The zero-order chi connectivity index (χ0) is 28.6. The molecule has 4 heterocycles. The summed E-state index contributed by atoms with van der Waals surface area (Å²) in [5, 5.41) is 4.79. The van der Waals surface area contributed by atoms with E-state index >= 15 is 0 Å². The lowest BCUT2D eigenvalue weighted by Crippen LogP contribution is -2.52. The lowest BCUT2D eigenvalue weighted by atomic mass is 9.74. The molecule has 5 aliphatic rings. The van der Waals surface area contributed by atoms with E-state index in [-0.39, 0.29) is 29.3 Å². The van der Waals surface area contributed by atoms with Crippen LogP contribution in [0.5, 0.6) is 0 Å². The molecule has 5 fully saturated rings. The Hall–Kier alpha value is -1.43. The molecular weight excluding hydrogens is 530 g/mol. The van der Waals surface area contributed by atoms with Crippen molar-refractivity contribution in [3.05, 3.63) is 0 Å². The highest BCUT2D eigenvalue weighted by Crippen LogP contribution is 2.41. The minimum atomic E-state index is -3.34. The predicted molar refractivity (Wildman–Crippen MR) is 154 cm³/mol. The number of piperidine rings is 3. The summed E-state index contributed by atoms with van der Waals surface area (Å²) in [4.78, 5) is 27.4. The van der Waals surface area contributed by atoms with Crippen LogP contribution >= 0.6 is 0 Å². The number of methoxy groups -OCH3 is 1. The van der Waals surface area contributed by atoms with Crippen molar-refractivity contribution in [1.82, 2.24) is 25.0 Å². The van der Waals surface area contributed by atoms with Gasteiger partial charge < -0.3 is 15.0 Å². The quantitative estimate of drug-likeness (QED) is 0.514. The maximum absolute atomic E-state index is 13.8. The number of carbonyl (C=O) groups is 2. The fraction of sp³-hybridized carbons (Fsp3) is 0.931. The average Bonchev–Trinajstić information content (AvgIpc) is 3.27. The summed E-state index contributed by atoms with van der Waals surface area (Å²) in [5.41, 5.74) is 3.62. The van der Waals surface area contributed by atoms with Gasteiger partial charge in [0.25, 0.3) is 0 Å². The summed E-state index contributed by atoms with van der Waals surface area (Å²) in [5.74, 6) is 2.47. The Balaban J connectivity index is 1.14. The Bertz CT molecular complexity index is 1000. The van der Waals surface area contributed by atoms with Crippen LogP contribution < -0.4 is 10.7 Å². The van der Waals surface area contributed by atoms with E-state index in [0.717, 1.165) is 45.3 Å². The Labute approximate surface area is 240 Å². The molecule has 2 amide bonds. The van der Waals surface area contributed by atoms with Gasteiger partial charge in [0.05, 0.1) is 18.3 Å². The molecule has 40 heavy (non-hydrogen) atoms. The van der Waals surface area contributed by atoms with Crippen molar-refractivity contribution in [2.45, 2.75) is 102 Å². The van der Waals surface area contributed by atoms with Crippen molar-refractivity contribution in [3.8, 4) is 0 Å². The fourth-order valence-electron chi connectivity index (χ4n) is 8.61. The highest BCUT2D eigenvalue weighted by molar-refractivity contribution is 7.89. The molecule has 0 radical (unpaired) electrons. The van der Waals surface area contributed by atoms with Crippen molar-refractivity contribution in [3.63, 3.8) is 0 Å². The number of nitrogens with one attached hydrogen (secondary N) is 2. The third-order valence-electron chi connectivity index (χ3n) is 10.6. The zero-order valence-electron chi connectivity index (χ0n) is 24.9. The number of carbonyl (C=O) groups excluding carboxylic acids is 2. The molecule has 0 aromatic rings. The van der Waals surface area contributed by atoms with Crippen molar-refractivity contribution in [2.75, 3.05) is 39.8 Å². The molecule has 6 unspecified atom stereocenters. The standard InChI is InChI=1S/C29H51N5O5S/c1-19-15-20(2)18-32(17-19)28(35)27-21(3)31-34-14-11-23(16-26(27)34)22-9-12-33(13-10-22)40(37,38)25-7-5-24(6-8-25)30-29(36)39-4/h19-27,31H,5-18H2,1-4H3,(H,30,36). The molecule has 2 N–H and O–H groups in total. The van der Waals surface area contributed by atoms with Crippen molar-refractivity contribution in [2.24, 2.45) is 29.6 Å². The first-order valence-electron chi connectivity index (χ1n) is 15.7. The number of hydrazine groups is 1. The molecule has 1 aliphatic carbocycles. The van der Waals surface area contributed by atoms with Gasteiger partial charge in [-0.3, -0.25) is 10.2 Å². The summed E-state index contributed by atoms with van der Waals surface area (Å²) < 4.78 is 33.4. The van der Waals surface area contributed by atoms with Gasteiger partial charge in [0.1, 0.15) is 0 Å². The average molecular weight is 582 g/mol. The molecule has 6 atom stereocenters. The van der Waals surface area contributed by atoms with Gasteiger partial charge in [0.2, 0.25) is 15.9 Å². The zero-order valence-corrected chi connectivity index (χ0v) is 25.7. The van der Waals surface area contributed by atoms with Crippen LogP contribution in [-0.2, 0) is 19.6 Å². The van der Waals surface area contributed by atoms with Gasteiger partial charge >= 0.3 is 6.09 Å². The van der Waals surface area contributed by atoms with Gasteiger partial charge in [-0.2, -0.15) is 0 Å². The number of amides is 2. The van der Waals surface area contributed by atoms with E-state index in [0.29, 0.717) is 68.4 Å². The Morgan fingerprint density at radius 1 is 0.850 bits per heavy atom. The molecule has 4 aliphatic heterocycles. The van der Waals surface area contributed by atoms with Crippen LogP contribution in [0.15, 0.2) is 0 Å². The number of hydrogen-bond donors (Lipinski definition) is 2. The van der Waals surface area contributed by atoms with Crippen LogP contribution in [0.25, 0.3) is 0 Å². The van der Waals surface area contributed by atoms with E-state index in [9.17, 15) is 18.0 Å². The Morgan fingerprint density at radius 2 is 1.48 bits per heavy atom. The second kappa shape index (κ2) is 12.4. The SMILES string of the molecule is COC(=O)NC1CCC(S(=O)(=O)N2CCC(C3CCN4NC(C)C(C(=O)N5CC(C)CC(C)C5)C4C3)CC2)CC1. The number of ether oxygens (including phenoxy) is 1. The van der Waals surface area contributed by atoms with Gasteiger partial charge in [-0.25, -0.2) is 22.5 Å². The van der Waals surface area contributed by atoms with E-state index in [1.54, 1.807) is 4.31 Å². The molecule has 0 aromatic carbocycles. The van der Waals surface area contributed by atoms with Crippen LogP contribution in [0.1, 0.15) is 78.6 Å². The first kappa shape index (κ1) is 30.0. The van der Waals surface area contributed by atoms with E-state index in [1.165, 1.54) is 13.5 Å². The molecule has 4 saturated heterocycles. The molecule has 5 rings (SSSR count). The van der Waals surface area contributed by atoms with E-state index in [1.807, 2.05) is 0 Å². The third-order valence-corrected chi connectivity index (χ3v) is 13.0. The number of hydrogen-bond acceptors (Lipinski definition) is 7. The van der Waals surface area contributed by atoms with E-state index in [4.69, 9.17) is 0 Å². The smallest absolute Gasteiger partial charge is 0.407 e. The number of fused-ring (bicyclic) bond motifs is 1. The Morgan fingerprint density at radius 3 is 2.10 bits per heavy atom. The van der Waals surface area contributed by atoms with Gasteiger partial charge in [-0.05, 0) is 88.4 Å². The summed E-state index contributed by atoms with van der Waals surface area (Å²) in [6.07, 6.45) is 7.14. The summed E-state index contributed by atoms with van der Waals surface area (Å²) in [6, 6.07) is 0.360. The third kappa shape index (κ3) is 6.32. The van der Waals surface area contributed by atoms with Gasteiger partial charge in [-0.15, -0.1) is 0 Å². The van der Waals surface area contributed by atoms with E-state index in [2.05, 4.69) is 46.2 Å². The second-order valence-corrected chi connectivity index (χ2v) is 15.8. The largest absolute Gasteiger partial charge is 0.453 e. The molecule has 228 valence electrons. The van der Waals surface area contributed by atoms with Crippen LogP contribution in [0.4, 0.5) is 4.79 Å².